The molecule has 4 bridgehead atoms. The van der Waals surface area contributed by atoms with Gasteiger partial charge in [0.1, 0.15) is 4.88 Å². The summed E-state index contributed by atoms with van der Waals surface area (Å²) in [4.78, 5) is 29.6. The molecule has 2 aromatic heterocycles. The Kier molecular flexibility index (Phi) is 11.7. The van der Waals surface area contributed by atoms with Crippen LogP contribution in [0, 0.1) is 24.7 Å². The monoisotopic (exact) mass is 763 g/mol. The van der Waals surface area contributed by atoms with Crippen LogP contribution in [0.15, 0.2) is 48.5 Å². The molecular weight excluding hydrogens is 715 g/mol. The van der Waals surface area contributed by atoms with Gasteiger partial charge in [0.25, 0.3) is 0 Å². The Morgan fingerprint density at radius 2 is 1.33 bits per heavy atom. The first-order valence-corrected chi connectivity index (χ1v) is 19.2. The van der Waals surface area contributed by atoms with Crippen LogP contribution in [0.3, 0.4) is 0 Å². The van der Waals surface area contributed by atoms with E-state index in [2.05, 4.69) is 68.7 Å². The van der Waals surface area contributed by atoms with Crippen molar-refractivity contribution in [2.24, 2.45) is 23.5 Å². The van der Waals surface area contributed by atoms with E-state index < -0.39 is 17.7 Å². The average Bonchev–Trinajstić information content (AvgIpc) is 3.72. The smallest absolute Gasteiger partial charge is 0.417 e. The molecule has 4 aromatic rings. The van der Waals surface area contributed by atoms with Crippen molar-refractivity contribution in [2.45, 2.75) is 90.0 Å². The fourth-order valence-corrected chi connectivity index (χ4v) is 10.9. The van der Waals surface area contributed by atoms with E-state index in [-0.39, 0.29) is 33.1 Å². The second-order valence-electron chi connectivity index (χ2n) is 15.5. The Labute approximate surface area is 312 Å². The standard InChI is InChI=1S/C20H25NOS.C10H5F3O2S.C9H18N2.ClH/c1-13-5-4-6-15-11-18(23-19(13)15)17(22)12-16-14-7-9-21(10-8-14)20(16,2)3;11-10(12,13)6-3-1-2-5-4-7(9(14)15)16-8(5)6;1-9(2)8(10)7-3-5-11(9)6-4-7;/h4-6,11,14,16H,7-10,12H2,1-3H3;1-4H,(H,14,15);7-8H,3-6,10H2,1-2H3;1H/t16-;;8-;/m1.1./s1. The van der Waals surface area contributed by atoms with Crippen molar-refractivity contribution in [3.05, 3.63) is 69.4 Å². The maximum Gasteiger partial charge on any atom is 0.417 e. The number of nitrogens with two attached hydrogens (primary N) is 1. The number of carboxylic acid groups (broad SMARTS) is 1. The van der Waals surface area contributed by atoms with Crippen LogP contribution in [0.2, 0.25) is 0 Å². The van der Waals surface area contributed by atoms with Gasteiger partial charge in [-0.2, -0.15) is 13.2 Å². The zero-order valence-corrected chi connectivity index (χ0v) is 32.3. The van der Waals surface area contributed by atoms with E-state index in [4.69, 9.17) is 10.8 Å². The second kappa shape index (κ2) is 15.1. The second-order valence-corrected chi connectivity index (χ2v) is 17.6. The SMILES string of the molecule is CC1(C)[C@H](N)C2CCN1CC2.Cc1cccc2cc(C(=O)C[C@@H]3C4CCN(CC4)C3(C)C)sc12.Cl.O=C(O)c1cc2cccc(C(F)(F)F)c2s1. The molecule has 2 atom stereocenters. The van der Waals surface area contributed by atoms with Crippen LogP contribution in [-0.2, 0) is 6.18 Å². The lowest BCUT2D eigenvalue weighted by atomic mass is 9.65. The quantitative estimate of drug-likeness (QED) is 0.201. The summed E-state index contributed by atoms with van der Waals surface area (Å²) in [5, 5.41) is 10.2. The van der Waals surface area contributed by atoms with E-state index in [9.17, 15) is 22.8 Å². The van der Waals surface area contributed by atoms with Crippen LogP contribution >= 0.6 is 35.1 Å². The van der Waals surface area contributed by atoms with Crippen LogP contribution < -0.4 is 5.73 Å². The summed E-state index contributed by atoms with van der Waals surface area (Å²) < 4.78 is 39.0. The molecule has 6 nitrogen and oxygen atoms in total. The Morgan fingerprint density at radius 3 is 1.82 bits per heavy atom. The molecule has 0 amide bonds. The number of Topliss-reactive ketones (excluding diaryl/α,β-unsaturated/α-hetero) is 1. The van der Waals surface area contributed by atoms with Gasteiger partial charge < -0.3 is 10.8 Å². The largest absolute Gasteiger partial charge is 0.477 e. The summed E-state index contributed by atoms with van der Waals surface area (Å²) in [6, 6.07) is 13.8. The molecule has 6 aliphatic rings. The normalized spacial score (nSPS) is 27.2. The van der Waals surface area contributed by atoms with Crippen molar-refractivity contribution in [3.63, 3.8) is 0 Å². The van der Waals surface area contributed by atoms with E-state index in [1.54, 1.807) is 11.3 Å². The Balaban J connectivity index is 0.000000157. The summed E-state index contributed by atoms with van der Waals surface area (Å²) in [6.45, 7) is 16.3. The zero-order valence-electron chi connectivity index (χ0n) is 29.9. The molecule has 6 saturated heterocycles. The highest BCUT2D eigenvalue weighted by Crippen LogP contribution is 2.46. The molecule has 8 heterocycles. The summed E-state index contributed by atoms with van der Waals surface area (Å²) in [7, 11) is 0. The van der Waals surface area contributed by atoms with Gasteiger partial charge in [-0.05, 0) is 139 Å². The van der Waals surface area contributed by atoms with Crippen molar-refractivity contribution in [2.75, 3.05) is 26.2 Å². The van der Waals surface area contributed by atoms with Gasteiger partial charge in [-0.25, -0.2) is 4.79 Å². The highest BCUT2D eigenvalue weighted by atomic mass is 35.5. The molecule has 2 aromatic carbocycles. The predicted octanol–water partition coefficient (Wildman–Crippen LogP) is 9.76. The van der Waals surface area contributed by atoms with Crippen LogP contribution in [0.5, 0.6) is 0 Å². The lowest BCUT2D eigenvalue weighted by Crippen LogP contribution is -2.67. The predicted molar refractivity (Wildman–Crippen MR) is 205 cm³/mol. The first kappa shape index (κ1) is 39.7. The van der Waals surface area contributed by atoms with Crippen molar-refractivity contribution < 1.29 is 27.9 Å². The molecule has 6 fully saturated rings. The van der Waals surface area contributed by atoms with Crippen LogP contribution in [0.1, 0.15) is 90.3 Å². The number of carbonyl (C=O) groups is 2. The number of rotatable bonds is 4. The first-order valence-electron chi connectivity index (χ1n) is 17.6. The number of fused-ring (bicyclic) bond motifs is 8. The molecule has 0 radical (unpaired) electrons. The molecule has 0 unspecified atom stereocenters. The minimum absolute atomic E-state index is 0. The number of alkyl halides is 3. The maximum atomic E-state index is 12.9. The van der Waals surface area contributed by atoms with E-state index in [0.717, 1.165) is 22.8 Å². The summed E-state index contributed by atoms with van der Waals surface area (Å²) in [6.07, 6.45) is 1.44. The number of hydrogen-bond donors (Lipinski definition) is 2. The molecule has 10 rings (SSSR count). The summed E-state index contributed by atoms with van der Waals surface area (Å²) in [5.74, 6) is 1.17. The molecule has 6 aliphatic heterocycles. The summed E-state index contributed by atoms with van der Waals surface area (Å²) in [5.41, 5.74) is 7.07. The van der Waals surface area contributed by atoms with Gasteiger partial charge in [0.05, 0.1) is 10.4 Å². The van der Waals surface area contributed by atoms with E-state index >= 15 is 0 Å². The van der Waals surface area contributed by atoms with Crippen molar-refractivity contribution in [1.82, 2.24) is 9.80 Å². The fraction of sp³-hybridized carbons (Fsp3) is 0.538. The maximum absolute atomic E-state index is 12.9. The van der Waals surface area contributed by atoms with Gasteiger partial charge in [0.15, 0.2) is 5.78 Å². The van der Waals surface area contributed by atoms with Crippen LogP contribution in [-0.4, -0.2) is 70.0 Å². The molecule has 51 heavy (non-hydrogen) atoms. The third-order valence-electron chi connectivity index (χ3n) is 12.0. The number of thiophene rings is 2. The Hall–Kier alpha value is -2.54. The molecule has 3 N–H and O–H groups in total. The number of carbonyl (C=O) groups excluding carboxylic acids is 1. The zero-order chi connectivity index (χ0) is 36.2. The van der Waals surface area contributed by atoms with Crippen molar-refractivity contribution in [3.8, 4) is 0 Å². The van der Waals surface area contributed by atoms with E-state index in [1.165, 1.54) is 85.7 Å². The Bertz CT molecular complexity index is 1870. The highest BCUT2D eigenvalue weighted by molar-refractivity contribution is 7.21. The van der Waals surface area contributed by atoms with Gasteiger partial charge in [0, 0.05) is 32.9 Å². The fourth-order valence-electron chi connectivity index (χ4n) is 8.77. The lowest BCUT2D eigenvalue weighted by molar-refractivity contribution is -0.136. The van der Waals surface area contributed by atoms with Gasteiger partial charge >= 0.3 is 12.1 Å². The van der Waals surface area contributed by atoms with Gasteiger partial charge in [-0.1, -0.05) is 30.3 Å². The topological polar surface area (TPSA) is 86.9 Å². The third kappa shape index (κ3) is 7.89. The average molecular weight is 764 g/mol. The number of aryl methyl sites for hydroxylation is 1. The number of piperidine rings is 6. The number of nitrogens with zero attached hydrogens (tertiary/aromatic N) is 2. The number of carboxylic acids is 1. The van der Waals surface area contributed by atoms with Crippen LogP contribution in [0.4, 0.5) is 13.2 Å². The lowest BCUT2D eigenvalue weighted by Gasteiger charge is -2.56. The first-order chi connectivity index (χ1) is 23.5. The van der Waals surface area contributed by atoms with Crippen molar-refractivity contribution in [1.29, 1.82) is 0 Å². The molecule has 0 saturated carbocycles. The highest BCUT2D eigenvalue weighted by Gasteiger charge is 2.48. The van der Waals surface area contributed by atoms with Gasteiger partial charge in [-0.15, -0.1) is 35.1 Å². The number of ketones is 1. The van der Waals surface area contributed by atoms with E-state index in [0.29, 0.717) is 40.9 Å². The molecular formula is C39H49ClF3N3O3S2. The van der Waals surface area contributed by atoms with Crippen molar-refractivity contribution >= 4 is 67.0 Å². The third-order valence-corrected chi connectivity index (χ3v) is 14.5. The summed E-state index contributed by atoms with van der Waals surface area (Å²) >= 11 is 2.32. The number of aromatic carboxylic acids is 1. The van der Waals surface area contributed by atoms with Gasteiger partial charge in [0.2, 0.25) is 0 Å². The molecule has 278 valence electrons. The minimum atomic E-state index is -4.46. The van der Waals surface area contributed by atoms with Crippen LogP contribution in [0.25, 0.3) is 20.2 Å². The van der Waals surface area contributed by atoms with Gasteiger partial charge in [-0.3, -0.25) is 14.6 Å². The number of benzene rings is 2. The molecule has 12 heteroatoms. The van der Waals surface area contributed by atoms with E-state index in [1.807, 2.05) is 0 Å². The Morgan fingerprint density at radius 1 is 0.824 bits per heavy atom. The number of halogens is 4. The molecule has 0 aliphatic carbocycles. The number of hydrogen-bond acceptors (Lipinski definition) is 7. The minimum Gasteiger partial charge on any atom is -0.477 e. The molecule has 0 spiro atoms.